The molecule has 1 spiro atoms. The van der Waals surface area contributed by atoms with Crippen molar-refractivity contribution in [3.05, 3.63) is 99.9 Å². The summed E-state index contributed by atoms with van der Waals surface area (Å²) in [6.07, 6.45) is 4.28. The highest BCUT2D eigenvalue weighted by Gasteiger charge is 2.55. The van der Waals surface area contributed by atoms with Crippen molar-refractivity contribution in [3.63, 3.8) is 0 Å². The number of rotatable bonds is 4. The number of likely N-dealkylation sites (tertiary alicyclic amines) is 1. The zero-order chi connectivity index (χ0) is 26.1. The van der Waals surface area contributed by atoms with E-state index in [0.717, 1.165) is 24.8 Å². The van der Waals surface area contributed by atoms with Gasteiger partial charge in [-0.25, -0.2) is 9.78 Å². The van der Waals surface area contributed by atoms with Crippen LogP contribution < -0.4 is 0 Å². The average Bonchev–Trinajstić information content (AvgIpc) is 3.24. The molecule has 2 fully saturated rings. The van der Waals surface area contributed by atoms with Crippen LogP contribution in [0.3, 0.4) is 0 Å². The number of benzene rings is 3. The highest BCUT2D eigenvalue weighted by atomic mass is 79.9. The lowest BCUT2D eigenvalue weighted by Crippen LogP contribution is -2.32. The average molecular weight is 576 g/mol. The molecular formula is C30H24BrF2N3O2. The minimum Gasteiger partial charge on any atom is -0.445 e. The number of nitrogens with one attached hydrogen (secondary N) is 1. The number of aromatic amines is 1. The van der Waals surface area contributed by atoms with Crippen molar-refractivity contribution in [2.24, 2.45) is 5.41 Å². The molecular weight excluding hydrogens is 552 g/mol. The Morgan fingerprint density at radius 3 is 2.55 bits per heavy atom. The third kappa shape index (κ3) is 3.85. The van der Waals surface area contributed by atoms with Gasteiger partial charge in [-0.2, -0.15) is 8.78 Å². The van der Waals surface area contributed by atoms with Gasteiger partial charge in [0.15, 0.2) is 0 Å². The molecule has 0 bridgehead atoms. The maximum absolute atomic E-state index is 15.4. The summed E-state index contributed by atoms with van der Waals surface area (Å²) in [5.74, 6) is -2.43. The highest BCUT2D eigenvalue weighted by Crippen LogP contribution is 2.58. The lowest BCUT2D eigenvalue weighted by atomic mass is 10.0. The third-order valence-corrected chi connectivity index (χ3v) is 8.59. The lowest BCUT2D eigenvalue weighted by Gasteiger charge is -2.22. The Hall–Kier alpha value is -3.52. The van der Waals surface area contributed by atoms with Crippen molar-refractivity contribution in [2.45, 2.75) is 37.8 Å². The molecule has 192 valence electrons. The number of amides is 1. The van der Waals surface area contributed by atoms with E-state index < -0.39 is 5.92 Å². The van der Waals surface area contributed by atoms with Crippen molar-refractivity contribution in [1.29, 1.82) is 0 Å². The predicted molar refractivity (Wildman–Crippen MR) is 143 cm³/mol. The fourth-order valence-electron chi connectivity index (χ4n) is 5.85. The Labute approximate surface area is 227 Å². The lowest BCUT2D eigenvalue weighted by molar-refractivity contribution is 0.0480. The molecule has 1 saturated heterocycles. The van der Waals surface area contributed by atoms with E-state index in [2.05, 4.69) is 25.9 Å². The van der Waals surface area contributed by atoms with E-state index in [-0.39, 0.29) is 35.3 Å². The minimum atomic E-state index is -3.09. The monoisotopic (exact) mass is 575 g/mol. The molecule has 0 radical (unpaired) electrons. The van der Waals surface area contributed by atoms with Gasteiger partial charge in [0, 0.05) is 27.7 Å². The van der Waals surface area contributed by atoms with Gasteiger partial charge in [0.05, 0.1) is 17.9 Å². The number of nitrogens with zero attached hydrogens (tertiary/aromatic N) is 2. The third-order valence-electron chi connectivity index (χ3n) is 8.10. The summed E-state index contributed by atoms with van der Waals surface area (Å²) in [5.41, 5.74) is 3.42. The summed E-state index contributed by atoms with van der Waals surface area (Å²) in [4.78, 5) is 22.8. The number of carbonyl (C=O) groups is 1. The molecule has 1 atom stereocenters. The molecule has 1 saturated carbocycles. The van der Waals surface area contributed by atoms with E-state index in [4.69, 9.17) is 4.74 Å². The molecule has 5 nitrogen and oxygen atoms in total. The molecule has 2 aliphatic carbocycles. The van der Waals surface area contributed by atoms with Crippen LogP contribution in [0.25, 0.3) is 22.4 Å². The van der Waals surface area contributed by atoms with Crippen LogP contribution in [-0.4, -0.2) is 27.5 Å². The van der Waals surface area contributed by atoms with Gasteiger partial charge in [0.1, 0.15) is 12.4 Å². The fraction of sp³-hybridized carbons (Fsp3) is 0.267. The van der Waals surface area contributed by atoms with Gasteiger partial charge in [-0.05, 0) is 59.6 Å². The van der Waals surface area contributed by atoms with Crippen LogP contribution in [0.1, 0.15) is 47.8 Å². The predicted octanol–water partition coefficient (Wildman–Crippen LogP) is 7.82. The Morgan fingerprint density at radius 2 is 1.79 bits per heavy atom. The summed E-state index contributed by atoms with van der Waals surface area (Å²) in [6.45, 7) is 0.849. The molecule has 2 heterocycles. The van der Waals surface area contributed by atoms with E-state index in [1.807, 2.05) is 36.4 Å². The second-order valence-corrected chi connectivity index (χ2v) is 11.5. The number of aromatic nitrogens is 2. The first-order valence-electron chi connectivity index (χ1n) is 12.7. The van der Waals surface area contributed by atoms with E-state index >= 15 is 8.78 Å². The van der Waals surface area contributed by atoms with E-state index in [1.165, 1.54) is 6.07 Å². The molecule has 7 rings (SSSR count). The molecule has 1 N–H and O–H groups in total. The van der Waals surface area contributed by atoms with Gasteiger partial charge in [-0.1, -0.05) is 64.5 Å². The quantitative estimate of drug-likeness (QED) is 0.270. The van der Waals surface area contributed by atoms with Gasteiger partial charge in [-0.3, -0.25) is 4.90 Å². The summed E-state index contributed by atoms with van der Waals surface area (Å²) in [6, 6.07) is 19.5. The maximum Gasteiger partial charge on any atom is 0.410 e. The summed E-state index contributed by atoms with van der Waals surface area (Å²) in [5, 5.41) is 0. The zero-order valence-corrected chi connectivity index (χ0v) is 22.0. The smallest absolute Gasteiger partial charge is 0.410 e. The molecule has 1 aromatic heterocycles. The number of hydrogen-bond acceptors (Lipinski definition) is 3. The largest absolute Gasteiger partial charge is 0.445 e. The van der Waals surface area contributed by atoms with Crippen LogP contribution in [0, 0.1) is 5.41 Å². The van der Waals surface area contributed by atoms with Crippen LogP contribution >= 0.6 is 15.9 Å². The van der Waals surface area contributed by atoms with Gasteiger partial charge in [-0.15, -0.1) is 0 Å². The van der Waals surface area contributed by atoms with Crippen LogP contribution in [0.4, 0.5) is 13.6 Å². The van der Waals surface area contributed by atoms with Crippen molar-refractivity contribution in [3.8, 4) is 22.4 Å². The topological polar surface area (TPSA) is 58.2 Å². The second-order valence-electron chi connectivity index (χ2n) is 10.6. The SMILES string of the molecule is O=C(OCc1ccccc1)N1CC2(CC2)CC1c1ncc(-c2ccc3c(c2)C(F)(F)c2cc(Br)ccc2-3)[nH]1. The molecule has 3 aromatic carbocycles. The normalized spacial score (nSPS) is 19.9. The first kappa shape index (κ1) is 23.6. The molecule has 4 aromatic rings. The van der Waals surface area contributed by atoms with Crippen LogP contribution in [-0.2, 0) is 17.3 Å². The number of ether oxygens (including phenoxy) is 1. The Balaban J connectivity index is 1.15. The van der Waals surface area contributed by atoms with Gasteiger partial charge in [0.2, 0.25) is 0 Å². The molecule has 1 aliphatic heterocycles. The van der Waals surface area contributed by atoms with Gasteiger partial charge in [0.25, 0.3) is 5.92 Å². The number of H-pyrrole nitrogens is 1. The number of imidazole rings is 1. The van der Waals surface area contributed by atoms with E-state index in [9.17, 15) is 4.79 Å². The highest BCUT2D eigenvalue weighted by molar-refractivity contribution is 9.10. The van der Waals surface area contributed by atoms with Gasteiger partial charge >= 0.3 is 6.09 Å². The van der Waals surface area contributed by atoms with Crippen molar-refractivity contribution in [1.82, 2.24) is 14.9 Å². The Kier molecular flexibility index (Phi) is 5.27. The van der Waals surface area contributed by atoms with Gasteiger partial charge < -0.3 is 9.72 Å². The number of alkyl halides is 2. The molecule has 1 unspecified atom stereocenters. The minimum absolute atomic E-state index is 0.00895. The molecule has 38 heavy (non-hydrogen) atoms. The standard InChI is InChI=1S/C30H24BrF2N3O2/c31-20-7-9-22-21-8-6-19(12-23(21)30(32,33)24(22)13-20)25-15-34-27(35-25)26-14-29(10-11-29)17-36(26)28(37)38-16-18-4-2-1-3-5-18/h1-9,12-13,15,26H,10-11,14,16-17H2,(H,34,35). The van der Waals surface area contributed by atoms with Crippen LogP contribution in [0.15, 0.2) is 77.4 Å². The number of halogens is 3. The number of fused-ring (bicyclic) bond motifs is 3. The van der Waals surface area contributed by atoms with Crippen molar-refractivity contribution in [2.75, 3.05) is 6.54 Å². The molecule has 3 aliphatic rings. The zero-order valence-electron chi connectivity index (χ0n) is 20.4. The number of hydrogen-bond donors (Lipinski definition) is 1. The van der Waals surface area contributed by atoms with Crippen LogP contribution in [0.5, 0.6) is 0 Å². The first-order chi connectivity index (χ1) is 18.3. The molecule has 8 heteroatoms. The fourth-order valence-corrected chi connectivity index (χ4v) is 6.21. The van der Waals surface area contributed by atoms with E-state index in [0.29, 0.717) is 39.2 Å². The summed E-state index contributed by atoms with van der Waals surface area (Å²) >= 11 is 3.31. The number of carbonyl (C=O) groups excluding carboxylic acids is 1. The summed E-state index contributed by atoms with van der Waals surface area (Å²) in [7, 11) is 0. The maximum atomic E-state index is 15.4. The van der Waals surface area contributed by atoms with E-state index in [1.54, 1.807) is 35.4 Å². The first-order valence-corrected chi connectivity index (χ1v) is 13.5. The molecule has 1 amide bonds. The van der Waals surface area contributed by atoms with Crippen molar-refractivity contribution >= 4 is 22.0 Å². The summed E-state index contributed by atoms with van der Waals surface area (Å²) < 4.78 is 37.0. The second kappa shape index (κ2) is 8.50. The van der Waals surface area contributed by atoms with Crippen molar-refractivity contribution < 1.29 is 18.3 Å². The van der Waals surface area contributed by atoms with Crippen LogP contribution in [0.2, 0.25) is 0 Å². The Morgan fingerprint density at radius 1 is 1.05 bits per heavy atom. The Bertz CT molecular complexity index is 1560.